The molecular formula is C9H13BrN2OS. The second-order valence-electron chi connectivity index (χ2n) is 2.93. The Balaban J connectivity index is 2.61. The molecule has 0 aromatic carbocycles. The van der Waals surface area contributed by atoms with Gasteiger partial charge in [-0.05, 0) is 34.4 Å². The molecule has 0 spiro atoms. The van der Waals surface area contributed by atoms with Crippen molar-refractivity contribution in [3.63, 3.8) is 0 Å². The van der Waals surface area contributed by atoms with Gasteiger partial charge in [0.1, 0.15) is 4.88 Å². The summed E-state index contributed by atoms with van der Waals surface area (Å²) in [6, 6.07) is 1.89. The van der Waals surface area contributed by atoms with Crippen molar-refractivity contribution in [1.82, 2.24) is 10.2 Å². The molecule has 3 nitrogen and oxygen atoms in total. The van der Waals surface area contributed by atoms with Crippen molar-refractivity contribution in [1.29, 1.82) is 0 Å². The fraction of sp³-hybridized carbons (Fsp3) is 0.444. The number of nitrogens with zero attached hydrogens (tertiary/aromatic N) is 1. The van der Waals surface area contributed by atoms with Crippen LogP contribution in [0.4, 0.5) is 0 Å². The lowest BCUT2D eigenvalue weighted by molar-refractivity contribution is 0.0801. The van der Waals surface area contributed by atoms with Crippen LogP contribution in [0.5, 0.6) is 0 Å². The Kier molecular flexibility index (Phi) is 4.57. The number of hydrogen-bond donors (Lipinski definition) is 1. The molecule has 1 rings (SSSR count). The van der Waals surface area contributed by atoms with E-state index in [-0.39, 0.29) is 5.91 Å². The fourth-order valence-corrected chi connectivity index (χ4v) is 2.54. The smallest absolute Gasteiger partial charge is 0.264 e. The van der Waals surface area contributed by atoms with Crippen molar-refractivity contribution in [2.24, 2.45) is 0 Å². The number of carbonyl (C=O) groups is 1. The first-order valence-corrected chi connectivity index (χ1v) is 5.97. The van der Waals surface area contributed by atoms with Crippen molar-refractivity contribution >= 4 is 33.2 Å². The van der Waals surface area contributed by atoms with E-state index in [4.69, 9.17) is 0 Å². The number of nitrogens with one attached hydrogen (secondary N) is 1. The number of amides is 1. The Morgan fingerprint density at radius 1 is 1.71 bits per heavy atom. The van der Waals surface area contributed by atoms with Crippen LogP contribution in [0.2, 0.25) is 0 Å². The Morgan fingerprint density at radius 2 is 2.43 bits per heavy atom. The molecule has 1 aromatic heterocycles. The molecule has 78 valence electrons. The average Bonchev–Trinajstić information content (AvgIpc) is 2.59. The lowest BCUT2D eigenvalue weighted by Crippen LogP contribution is -2.32. The third-order valence-electron chi connectivity index (χ3n) is 1.86. The molecule has 1 aromatic rings. The second-order valence-corrected chi connectivity index (χ2v) is 4.70. The van der Waals surface area contributed by atoms with Crippen LogP contribution in [0, 0.1) is 0 Å². The molecule has 0 fully saturated rings. The highest BCUT2D eigenvalue weighted by molar-refractivity contribution is 9.10. The van der Waals surface area contributed by atoms with Gasteiger partial charge < -0.3 is 10.2 Å². The van der Waals surface area contributed by atoms with Crippen molar-refractivity contribution < 1.29 is 4.79 Å². The topological polar surface area (TPSA) is 32.3 Å². The number of halogens is 1. The van der Waals surface area contributed by atoms with Gasteiger partial charge in [-0.1, -0.05) is 0 Å². The lowest BCUT2D eigenvalue weighted by Gasteiger charge is -2.15. The maximum absolute atomic E-state index is 11.8. The van der Waals surface area contributed by atoms with Crippen molar-refractivity contribution in [3.8, 4) is 0 Å². The normalized spacial score (nSPS) is 10.2. The van der Waals surface area contributed by atoms with Gasteiger partial charge in [-0.2, -0.15) is 0 Å². The third kappa shape index (κ3) is 2.80. The molecule has 0 unspecified atom stereocenters. The Morgan fingerprint density at radius 3 is 2.93 bits per heavy atom. The summed E-state index contributed by atoms with van der Waals surface area (Å²) in [7, 11) is 3.69. The van der Waals surface area contributed by atoms with Crippen LogP contribution >= 0.6 is 27.3 Å². The van der Waals surface area contributed by atoms with E-state index >= 15 is 0 Å². The van der Waals surface area contributed by atoms with Gasteiger partial charge >= 0.3 is 0 Å². The minimum absolute atomic E-state index is 0.0714. The molecule has 0 saturated heterocycles. The monoisotopic (exact) mass is 276 g/mol. The van der Waals surface area contributed by atoms with Gasteiger partial charge in [-0.3, -0.25) is 4.79 Å². The molecule has 0 saturated carbocycles. The van der Waals surface area contributed by atoms with Crippen LogP contribution < -0.4 is 5.32 Å². The second kappa shape index (κ2) is 5.48. The molecule has 0 aliphatic rings. The van der Waals surface area contributed by atoms with E-state index in [0.717, 1.165) is 22.4 Å². The first kappa shape index (κ1) is 11.7. The average molecular weight is 277 g/mol. The summed E-state index contributed by atoms with van der Waals surface area (Å²) >= 11 is 4.81. The maximum atomic E-state index is 11.8. The lowest BCUT2D eigenvalue weighted by atomic mass is 10.4. The largest absolute Gasteiger partial charge is 0.340 e. The van der Waals surface area contributed by atoms with Crippen molar-refractivity contribution in [3.05, 3.63) is 20.8 Å². The minimum Gasteiger partial charge on any atom is -0.340 e. The van der Waals surface area contributed by atoms with E-state index in [1.165, 1.54) is 11.3 Å². The maximum Gasteiger partial charge on any atom is 0.264 e. The van der Waals surface area contributed by atoms with Gasteiger partial charge in [0.15, 0.2) is 0 Å². The van der Waals surface area contributed by atoms with Gasteiger partial charge in [0.05, 0.1) is 0 Å². The molecule has 0 atom stereocenters. The molecule has 0 radical (unpaired) electrons. The van der Waals surface area contributed by atoms with Crippen LogP contribution in [0.15, 0.2) is 15.9 Å². The van der Waals surface area contributed by atoms with E-state index in [9.17, 15) is 4.79 Å². The van der Waals surface area contributed by atoms with Gasteiger partial charge in [-0.15, -0.1) is 11.3 Å². The summed E-state index contributed by atoms with van der Waals surface area (Å²) in [6.07, 6.45) is 0. The predicted molar refractivity (Wildman–Crippen MR) is 62.9 cm³/mol. The number of likely N-dealkylation sites (N-methyl/N-ethyl adjacent to an activating group) is 2. The summed E-state index contributed by atoms with van der Waals surface area (Å²) < 4.78 is 0.879. The Labute approximate surface area is 96.2 Å². The molecule has 0 aliphatic carbocycles. The van der Waals surface area contributed by atoms with Crippen molar-refractivity contribution in [2.45, 2.75) is 0 Å². The van der Waals surface area contributed by atoms with Crippen LogP contribution in [0.1, 0.15) is 9.67 Å². The highest BCUT2D eigenvalue weighted by Crippen LogP contribution is 2.23. The van der Waals surface area contributed by atoms with Gasteiger partial charge in [-0.25, -0.2) is 0 Å². The molecule has 1 amide bonds. The summed E-state index contributed by atoms with van der Waals surface area (Å²) in [5, 5.41) is 4.92. The molecule has 14 heavy (non-hydrogen) atoms. The quantitative estimate of drug-likeness (QED) is 0.910. The molecule has 1 heterocycles. The molecule has 1 N–H and O–H groups in total. The van der Waals surface area contributed by atoms with E-state index in [0.29, 0.717) is 0 Å². The van der Waals surface area contributed by atoms with E-state index < -0.39 is 0 Å². The van der Waals surface area contributed by atoms with Gasteiger partial charge in [0.2, 0.25) is 0 Å². The van der Waals surface area contributed by atoms with Crippen LogP contribution in [0.25, 0.3) is 0 Å². The number of thiophene rings is 1. The summed E-state index contributed by atoms with van der Waals surface area (Å²) in [6.45, 7) is 1.53. The molecular weight excluding hydrogens is 264 g/mol. The third-order valence-corrected chi connectivity index (χ3v) is 3.68. The first-order chi connectivity index (χ1) is 6.66. The van der Waals surface area contributed by atoms with Gasteiger partial charge in [0, 0.05) is 24.6 Å². The van der Waals surface area contributed by atoms with E-state index in [1.54, 1.807) is 4.90 Å². The number of carbonyl (C=O) groups excluding carboxylic acids is 1. The Hall–Kier alpha value is -0.390. The Bertz CT molecular complexity index is 314. The highest BCUT2D eigenvalue weighted by atomic mass is 79.9. The number of rotatable bonds is 4. The van der Waals surface area contributed by atoms with Gasteiger partial charge in [0.25, 0.3) is 5.91 Å². The SMILES string of the molecule is CNCCN(C)C(=O)c1sccc1Br. The zero-order valence-electron chi connectivity index (χ0n) is 8.21. The highest BCUT2D eigenvalue weighted by Gasteiger charge is 2.15. The molecule has 0 aliphatic heterocycles. The van der Waals surface area contributed by atoms with E-state index in [1.807, 2.05) is 25.5 Å². The summed E-state index contributed by atoms with van der Waals surface area (Å²) in [5.74, 6) is 0.0714. The standard InChI is InChI=1S/C9H13BrN2OS/c1-11-4-5-12(2)9(13)8-7(10)3-6-14-8/h3,6,11H,4-5H2,1-2H3. The molecule has 5 heteroatoms. The first-order valence-electron chi connectivity index (χ1n) is 4.30. The minimum atomic E-state index is 0.0714. The number of hydrogen-bond acceptors (Lipinski definition) is 3. The predicted octanol–water partition coefficient (Wildman–Crippen LogP) is 1.80. The van der Waals surface area contributed by atoms with Crippen LogP contribution in [-0.4, -0.2) is 38.0 Å². The van der Waals surface area contributed by atoms with E-state index in [2.05, 4.69) is 21.2 Å². The zero-order chi connectivity index (χ0) is 10.6. The van der Waals surface area contributed by atoms with Crippen LogP contribution in [0.3, 0.4) is 0 Å². The zero-order valence-corrected chi connectivity index (χ0v) is 10.6. The summed E-state index contributed by atoms with van der Waals surface area (Å²) in [5.41, 5.74) is 0. The van der Waals surface area contributed by atoms with Crippen LogP contribution in [-0.2, 0) is 0 Å². The molecule has 0 bridgehead atoms. The van der Waals surface area contributed by atoms with Crippen molar-refractivity contribution in [2.75, 3.05) is 27.2 Å². The summed E-state index contributed by atoms with van der Waals surface area (Å²) in [4.78, 5) is 14.3. The fourth-order valence-electron chi connectivity index (χ4n) is 1.00.